The van der Waals surface area contributed by atoms with Crippen molar-refractivity contribution in [1.82, 2.24) is 9.97 Å². The number of nitrogens with zero attached hydrogens (tertiary/aromatic N) is 2. The second-order valence-corrected chi connectivity index (χ2v) is 11.4. The van der Waals surface area contributed by atoms with Crippen molar-refractivity contribution >= 4 is 21.5 Å². The molecule has 0 radical (unpaired) electrons. The Morgan fingerprint density at radius 1 is 0.706 bits per heavy atom. The third-order valence-electron chi connectivity index (χ3n) is 7.27. The first kappa shape index (κ1) is 21.0. The zero-order chi connectivity index (χ0) is 23.7. The van der Waals surface area contributed by atoms with E-state index in [-0.39, 0.29) is 10.8 Å². The van der Waals surface area contributed by atoms with Crippen LogP contribution in [0.5, 0.6) is 0 Å². The summed E-state index contributed by atoms with van der Waals surface area (Å²) in [5.41, 5.74) is 8.54. The van der Waals surface area contributed by atoms with Gasteiger partial charge in [0.25, 0.3) is 0 Å². The molecule has 0 fully saturated rings. The number of rotatable bonds is 2. The van der Waals surface area contributed by atoms with Gasteiger partial charge in [0.2, 0.25) is 0 Å². The fourth-order valence-electron chi connectivity index (χ4n) is 5.78. The van der Waals surface area contributed by atoms with Crippen molar-refractivity contribution in [1.29, 1.82) is 0 Å². The quantitative estimate of drug-likeness (QED) is 0.274. The SMILES string of the molecule is CC(C)(C)Cc1cccc2c(-c3ncnc4c3C(C)(C)c3cc5ccccc5cc3-4)cccc12. The van der Waals surface area contributed by atoms with Crippen LogP contribution in [0.3, 0.4) is 0 Å². The van der Waals surface area contributed by atoms with Crippen LogP contribution in [-0.2, 0) is 11.8 Å². The van der Waals surface area contributed by atoms with E-state index >= 15 is 0 Å². The molecule has 34 heavy (non-hydrogen) atoms. The minimum absolute atomic E-state index is 0.184. The predicted molar refractivity (Wildman–Crippen MR) is 143 cm³/mol. The number of hydrogen-bond acceptors (Lipinski definition) is 2. The highest BCUT2D eigenvalue weighted by atomic mass is 14.9. The van der Waals surface area contributed by atoms with Crippen LogP contribution < -0.4 is 0 Å². The van der Waals surface area contributed by atoms with Crippen LogP contribution >= 0.6 is 0 Å². The highest BCUT2D eigenvalue weighted by Crippen LogP contribution is 2.52. The van der Waals surface area contributed by atoms with Crippen molar-refractivity contribution in [2.24, 2.45) is 5.41 Å². The molecule has 168 valence electrons. The molecule has 2 nitrogen and oxygen atoms in total. The molecule has 5 aromatic rings. The van der Waals surface area contributed by atoms with E-state index in [1.807, 2.05) is 0 Å². The lowest BCUT2D eigenvalue weighted by Crippen LogP contribution is -2.17. The largest absolute Gasteiger partial charge is 0.236 e. The molecule has 1 heterocycles. The fourth-order valence-corrected chi connectivity index (χ4v) is 5.78. The molecule has 0 aliphatic heterocycles. The van der Waals surface area contributed by atoms with Gasteiger partial charge in [0.15, 0.2) is 0 Å². The topological polar surface area (TPSA) is 25.8 Å². The third-order valence-corrected chi connectivity index (χ3v) is 7.27. The second kappa shape index (κ2) is 7.24. The van der Waals surface area contributed by atoms with Gasteiger partial charge in [-0.05, 0) is 56.6 Å². The lowest BCUT2D eigenvalue weighted by atomic mass is 9.79. The summed E-state index contributed by atoms with van der Waals surface area (Å²) in [4.78, 5) is 9.74. The third kappa shape index (κ3) is 3.16. The Kier molecular flexibility index (Phi) is 4.48. The van der Waals surface area contributed by atoms with Gasteiger partial charge in [-0.3, -0.25) is 0 Å². The molecule has 0 N–H and O–H groups in total. The maximum atomic E-state index is 4.91. The average Bonchev–Trinajstić information content (AvgIpc) is 3.03. The van der Waals surface area contributed by atoms with Gasteiger partial charge in [-0.1, -0.05) is 95.3 Å². The molecule has 0 spiro atoms. The van der Waals surface area contributed by atoms with Gasteiger partial charge in [0.05, 0.1) is 11.4 Å². The molecule has 4 aromatic carbocycles. The number of benzene rings is 4. The smallest absolute Gasteiger partial charge is 0.116 e. The predicted octanol–water partition coefficient (Wildman–Crippen LogP) is 8.34. The van der Waals surface area contributed by atoms with E-state index in [1.54, 1.807) is 6.33 Å². The monoisotopic (exact) mass is 442 g/mol. The van der Waals surface area contributed by atoms with Crippen molar-refractivity contribution in [2.75, 3.05) is 0 Å². The Labute approximate surface area is 201 Å². The van der Waals surface area contributed by atoms with Crippen LogP contribution in [0.1, 0.15) is 51.3 Å². The summed E-state index contributed by atoms with van der Waals surface area (Å²) in [5, 5.41) is 5.11. The van der Waals surface area contributed by atoms with Gasteiger partial charge in [-0.15, -0.1) is 0 Å². The lowest BCUT2D eigenvalue weighted by molar-refractivity contribution is 0.412. The maximum absolute atomic E-state index is 4.91. The number of fused-ring (bicyclic) bond motifs is 5. The van der Waals surface area contributed by atoms with Crippen LogP contribution in [0.4, 0.5) is 0 Å². The Balaban J connectivity index is 1.61. The van der Waals surface area contributed by atoms with Crippen molar-refractivity contribution in [3.05, 3.63) is 95.8 Å². The molecule has 0 amide bonds. The van der Waals surface area contributed by atoms with Crippen LogP contribution in [0.25, 0.3) is 44.1 Å². The minimum atomic E-state index is -0.184. The first-order valence-electron chi connectivity index (χ1n) is 12.1. The van der Waals surface area contributed by atoms with Crippen LogP contribution in [0, 0.1) is 5.41 Å². The zero-order valence-electron chi connectivity index (χ0n) is 20.6. The number of hydrogen-bond donors (Lipinski definition) is 0. The summed E-state index contributed by atoms with van der Waals surface area (Å²) in [5.74, 6) is 0. The second-order valence-electron chi connectivity index (χ2n) is 11.4. The number of aromatic nitrogens is 2. The van der Waals surface area contributed by atoms with E-state index in [4.69, 9.17) is 9.97 Å². The lowest BCUT2D eigenvalue weighted by Gasteiger charge is -2.24. The molecule has 6 rings (SSSR count). The molecular formula is C32H30N2. The molecule has 0 saturated carbocycles. The maximum Gasteiger partial charge on any atom is 0.116 e. The molecule has 1 aliphatic rings. The van der Waals surface area contributed by atoms with Crippen molar-refractivity contribution in [3.8, 4) is 22.5 Å². The van der Waals surface area contributed by atoms with E-state index < -0.39 is 0 Å². The van der Waals surface area contributed by atoms with Gasteiger partial charge in [-0.25, -0.2) is 9.97 Å². The standard InChI is InChI=1S/C32H30N2/c1-31(2,3)18-22-12-8-14-24-23(22)13-9-15-25(24)29-28-30(34-19-33-29)26-16-20-10-6-7-11-21(20)17-27(26)32(28,4)5/h6-17,19H,18H2,1-5H3. The molecule has 0 atom stereocenters. The zero-order valence-corrected chi connectivity index (χ0v) is 20.6. The summed E-state index contributed by atoms with van der Waals surface area (Å²) in [6.45, 7) is 11.5. The van der Waals surface area contributed by atoms with Gasteiger partial charge in [0, 0.05) is 22.1 Å². The van der Waals surface area contributed by atoms with E-state index in [2.05, 4.69) is 107 Å². The van der Waals surface area contributed by atoms with E-state index in [1.165, 1.54) is 49.4 Å². The summed E-state index contributed by atoms with van der Waals surface area (Å²) in [7, 11) is 0. The Morgan fingerprint density at radius 2 is 1.35 bits per heavy atom. The van der Waals surface area contributed by atoms with Crippen LogP contribution in [-0.4, -0.2) is 9.97 Å². The highest BCUT2D eigenvalue weighted by Gasteiger charge is 2.39. The highest BCUT2D eigenvalue weighted by molar-refractivity contribution is 6.01. The molecular weight excluding hydrogens is 412 g/mol. The van der Waals surface area contributed by atoms with Crippen molar-refractivity contribution in [3.63, 3.8) is 0 Å². The van der Waals surface area contributed by atoms with Crippen LogP contribution in [0.2, 0.25) is 0 Å². The van der Waals surface area contributed by atoms with Crippen LogP contribution in [0.15, 0.2) is 79.1 Å². The van der Waals surface area contributed by atoms with E-state index in [0.717, 1.165) is 17.8 Å². The fraction of sp³-hybridized carbons (Fsp3) is 0.250. The van der Waals surface area contributed by atoms with Crippen molar-refractivity contribution < 1.29 is 0 Å². The normalized spacial score (nSPS) is 14.4. The van der Waals surface area contributed by atoms with Gasteiger partial charge < -0.3 is 0 Å². The van der Waals surface area contributed by atoms with Crippen molar-refractivity contribution in [2.45, 2.75) is 46.5 Å². The minimum Gasteiger partial charge on any atom is -0.236 e. The molecule has 1 aromatic heterocycles. The van der Waals surface area contributed by atoms with Gasteiger partial charge in [0.1, 0.15) is 6.33 Å². The molecule has 0 saturated heterocycles. The molecule has 2 heteroatoms. The molecule has 0 bridgehead atoms. The Morgan fingerprint density at radius 3 is 2.09 bits per heavy atom. The Bertz CT molecular complexity index is 1580. The summed E-state index contributed by atoms with van der Waals surface area (Å²) in [6, 6.07) is 26.6. The summed E-state index contributed by atoms with van der Waals surface area (Å²) >= 11 is 0. The van der Waals surface area contributed by atoms with Gasteiger partial charge in [-0.2, -0.15) is 0 Å². The first-order chi connectivity index (χ1) is 16.2. The molecule has 0 unspecified atom stereocenters. The average molecular weight is 443 g/mol. The molecule has 1 aliphatic carbocycles. The van der Waals surface area contributed by atoms with E-state index in [9.17, 15) is 0 Å². The Hall–Kier alpha value is -3.52. The van der Waals surface area contributed by atoms with Gasteiger partial charge >= 0.3 is 0 Å². The first-order valence-corrected chi connectivity index (χ1v) is 12.1. The summed E-state index contributed by atoms with van der Waals surface area (Å²) < 4.78 is 0. The van der Waals surface area contributed by atoms with E-state index in [0.29, 0.717) is 0 Å². The summed E-state index contributed by atoms with van der Waals surface area (Å²) in [6.07, 6.45) is 2.78.